The lowest BCUT2D eigenvalue weighted by atomic mass is 9.97. The molecule has 1 aliphatic rings. The first-order chi connectivity index (χ1) is 8.74. The van der Waals surface area contributed by atoms with Crippen molar-refractivity contribution in [2.45, 2.75) is 45.6 Å². The number of aliphatic hydroxyl groups is 1. The smallest absolute Gasteiger partial charge is 0.0462 e. The number of rotatable bonds is 6. The molecule has 1 aliphatic carbocycles. The molecular formula is C15H25NOS. The highest BCUT2D eigenvalue weighted by Crippen LogP contribution is 2.31. The van der Waals surface area contributed by atoms with Gasteiger partial charge in [-0.1, -0.05) is 13.3 Å². The maximum Gasteiger partial charge on any atom is 0.0462 e. The first kappa shape index (κ1) is 14.0. The van der Waals surface area contributed by atoms with E-state index in [1.165, 1.54) is 29.0 Å². The van der Waals surface area contributed by atoms with Gasteiger partial charge in [-0.3, -0.25) is 0 Å². The van der Waals surface area contributed by atoms with Gasteiger partial charge in [0.15, 0.2) is 0 Å². The Morgan fingerprint density at radius 3 is 2.83 bits per heavy atom. The lowest BCUT2D eigenvalue weighted by Crippen LogP contribution is -2.28. The van der Waals surface area contributed by atoms with Crippen LogP contribution in [-0.4, -0.2) is 18.3 Å². The van der Waals surface area contributed by atoms with Crippen molar-refractivity contribution in [3.05, 3.63) is 21.9 Å². The van der Waals surface area contributed by atoms with E-state index in [2.05, 4.69) is 31.3 Å². The highest BCUT2D eigenvalue weighted by molar-refractivity contribution is 7.12. The molecule has 18 heavy (non-hydrogen) atoms. The quantitative estimate of drug-likeness (QED) is 0.828. The van der Waals surface area contributed by atoms with Crippen molar-refractivity contribution < 1.29 is 5.11 Å². The lowest BCUT2D eigenvalue weighted by Gasteiger charge is -2.20. The second kappa shape index (κ2) is 6.69. The molecule has 0 spiro atoms. The van der Waals surface area contributed by atoms with Crippen molar-refractivity contribution in [3.8, 4) is 0 Å². The summed E-state index contributed by atoms with van der Waals surface area (Å²) in [4.78, 5) is 2.90. The van der Waals surface area contributed by atoms with Crippen LogP contribution < -0.4 is 5.32 Å². The second-order valence-electron chi connectivity index (χ2n) is 5.42. The normalized spacial score (nSPS) is 25.5. The molecule has 1 aromatic heterocycles. The third-order valence-corrected chi connectivity index (χ3v) is 5.61. The highest BCUT2D eigenvalue weighted by Gasteiger charge is 2.26. The average Bonchev–Trinajstić information content (AvgIpc) is 3.04. The van der Waals surface area contributed by atoms with E-state index in [-0.39, 0.29) is 0 Å². The highest BCUT2D eigenvalue weighted by atomic mass is 32.1. The van der Waals surface area contributed by atoms with Gasteiger partial charge in [-0.15, -0.1) is 11.3 Å². The van der Waals surface area contributed by atoms with E-state index in [1.54, 1.807) is 0 Å². The molecule has 3 unspecified atom stereocenters. The van der Waals surface area contributed by atoms with E-state index in [1.807, 2.05) is 11.3 Å². The summed E-state index contributed by atoms with van der Waals surface area (Å²) >= 11 is 1.92. The number of aliphatic hydroxyl groups excluding tert-OH is 1. The molecule has 0 amide bonds. The first-order valence-electron chi connectivity index (χ1n) is 7.17. The minimum absolute atomic E-state index is 0.361. The average molecular weight is 267 g/mol. The van der Waals surface area contributed by atoms with Gasteiger partial charge in [0.2, 0.25) is 0 Å². The fourth-order valence-corrected chi connectivity index (χ4v) is 3.85. The van der Waals surface area contributed by atoms with Gasteiger partial charge in [0.05, 0.1) is 0 Å². The second-order valence-corrected chi connectivity index (χ2v) is 6.62. The zero-order chi connectivity index (χ0) is 13.0. The van der Waals surface area contributed by atoms with Crippen LogP contribution in [0.5, 0.6) is 0 Å². The molecule has 3 heteroatoms. The molecule has 0 aliphatic heterocycles. The molecule has 1 aromatic rings. The Balaban J connectivity index is 1.82. The maximum absolute atomic E-state index is 9.33. The molecule has 3 atom stereocenters. The molecular weight excluding hydrogens is 242 g/mol. The fourth-order valence-electron chi connectivity index (χ4n) is 2.87. The Hall–Kier alpha value is -0.380. The molecule has 2 N–H and O–H groups in total. The Bertz CT molecular complexity index is 363. The van der Waals surface area contributed by atoms with E-state index in [0.29, 0.717) is 24.5 Å². The van der Waals surface area contributed by atoms with Crippen molar-refractivity contribution >= 4 is 11.3 Å². The van der Waals surface area contributed by atoms with Gasteiger partial charge >= 0.3 is 0 Å². The van der Waals surface area contributed by atoms with Gasteiger partial charge < -0.3 is 10.4 Å². The van der Waals surface area contributed by atoms with Gasteiger partial charge in [0.25, 0.3) is 0 Å². The molecule has 102 valence electrons. The standard InChI is InChI=1S/C15H25NOS/c1-3-14-7-8-15(18-14)11(2)16-9-12-5-4-6-13(12)10-17/h7-8,11-13,16-17H,3-6,9-10H2,1-2H3. The zero-order valence-electron chi connectivity index (χ0n) is 11.5. The predicted octanol–water partition coefficient (Wildman–Crippen LogP) is 3.37. The zero-order valence-corrected chi connectivity index (χ0v) is 12.3. The van der Waals surface area contributed by atoms with E-state index in [4.69, 9.17) is 0 Å². The summed E-state index contributed by atoms with van der Waals surface area (Å²) < 4.78 is 0. The van der Waals surface area contributed by atoms with Crippen LogP contribution in [0.1, 0.15) is 48.9 Å². The number of nitrogens with one attached hydrogen (secondary N) is 1. The van der Waals surface area contributed by atoms with E-state index in [0.717, 1.165) is 13.0 Å². The lowest BCUT2D eigenvalue weighted by molar-refractivity contribution is 0.191. The van der Waals surface area contributed by atoms with Crippen LogP contribution >= 0.6 is 11.3 Å². The summed E-state index contributed by atoms with van der Waals surface area (Å²) in [7, 11) is 0. The monoisotopic (exact) mass is 267 g/mol. The van der Waals surface area contributed by atoms with Crippen LogP contribution in [0.2, 0.25) is 0 Å². The van der Waals surface area contributed by atoms with Crippen molar-refractivity contribution in [2.75, 3.05) is 13.2 Å². The topological polar surface area (TPSA) is 32.3 Å². The third-order valence-electron chi connectivity index (χ3n) is 4.19. The number of thiophene rings is 1. The minimum Gasteiger partial charge on any atom is -0.396 e. The summed E-state index contributed by atoms with van der Waals surface area (Å²) in [5.74, 6) is 1.20. The summed E-state index contributed by atoms with van der Waals surface area (Å²) in [5, 5.41) is 13.0. The number of aryl methyl sites for hydroxylation is 1. The third kappa shape index (κ3) is 3.34. The van der Waals surface area contributed by atoms with Crippen molar-refractivity contribution in [3.63, 3.8) is 0 Å². The van der Waals surface area contributed by atoms with Crippen LogP contribution in [-0.2, 0) is 6.42 Å². The van der Waals surface area contributed by atoms with Crippen LogP contribution in [0.15, 0.2) is 12.1 Å². The summed E-state index contributed by atoms with van der Waals surface area (Å²) in [6.45, 7) is 5.86. The molecule has 0 saturated heterocycles. The van der Waals surface area contributed by atoms with Crippen molar-refractivity contribution in [1.29, 1.82) is 0 Å². The van der Waals surface area contributed by atoms with Crippen LogP contribution in [0.3, 0.4) is 0 Å². The van der Waals surface area contributed by atoms with E-state index >= 15 is 0 Å². The Morgan fingerprint density at radius 2 is 2.17 bits per heavy atom. The molecule has 2 rings (SSSR count). The number of hydrogen-bond donors (Lipinski definition) is 2. The van der Waals surface area contributed by atoms with Crippen LogP contribution in [0.25, 0.3) is 0 Å². The van der Waals surface area contributed by atoms with Gasteiger partial charge in [-0.05, 0) is 56.7 Å². The van der Waals surface area contributed by atoms with Crippen molar-refractivity contribution in [2.24, 2.45) is 11.8 Å². The Labute approximate surface area is 114 Å². The molecule has 2 nitrogen and oxygen atoms in total. The minimum atomic E-state index is 0.361. The van der Waals surface area contributed by atoms with Gasteiger partial charge in [-0.25, -0.2) is 0 Å². The summed E-state index contributed by atoms with van der Waals surface area (Å²) in [6, 6.07) is 4.93. The fraction of sp³-hybridized carbons (Fsp3) is 0.733. The number of hydrogen-bond acceptors (Lipinski definition) is 3. The Kier molecular flexibility index (Phi) is 5.22. The molecule has 1 heterocycles. The molecule has 0 bridgehead atoms. The molecule has 0 aromatic carbocycles. The Morgan fingerprint density at radius 1 is 1.39 bits per heavy atom. The van der Waals surface area contributed by atoms with E-state index < -0.39 is 0 Å². The maximum atomic E-state index is 9.33. The predicted molar refractivity (Wildman–Crippen MR) is 78.0 cm³/mol. The van der Waals surface area contributed by atoms with Crippen molar-refractivity contribution in [1.82, 2.24) is 5.32 Å². The molecule has 1 saturated carbocycles. The summed E-state index contributed by atoms with van der Waals surface area (Å²) in [5.41, 5.74) is 0. The SMILES string of the molecule is CCc1ccc(C(C)NCC2CCCC2CO)s1. The summed E-state index contributed by atoms with van der Waals surface area (Å²) in [6.07, 6.45) is 4.89. The molecule has 1 fully saturated rings. The van der Waals surface area contributed by atoms with Crippen LogP contribution in [0, 0.1) is 11.8 Å². The molecule has 0 radical (unpaired) electrons. The van der Waals surface area contributed by atoms with Gasteiger partial charge in [0, 0.05) is 22.4 Å². The van der Waals surface area contributed by atoms with Gasteiger partial charge in [0.1, 0.15) is 0 Å². The first-order valence-corrected chi connectivity index (χ1v) is 7.99. The van der Waals surface area contributed by atoms with Gasteiger partial charge in [-0.2, -0.15) is 0 Å². The van der Waals surface area contributed by atoms with E-state index in [9.17, 15) is 5.11 Å². The van der Waals surface area contributed by atoms with Crippen LogP contribution in [0.4, 0.5) is 0 Å². The largest absolute Gasteiger partial charge is 0.396 e.